The predicted molar refractivity (Wildman–Crippen MR) is 67.7 cm³/mol. The van der Waals surface area contributed by atoms with Crippen LogP contribution in [0.25, 0.3) is 0 Å². The van der Waals surface area contributed by atoms with Crippen LogP contribution < -0.4 is 10.5 Å². The highest BCUT2D eigenvalue weighted by atomic mass is 16.5. The Morgan fingerprint density at radius 3 is 2.62 bits per heavy atom. The lowest BCUT2D eigenvalue weighted by Crippen LogP contribution is -2.16. The van der Waals surface area contributed by atoms with Crippen LogP contribution in [0.2, 0.25) is 0 Å². The monoisotopic (exact) mass is 222 g/mol. The van der Waals surface area contributed by atoms with Crippen LogP contribution in [0.15, 0.2) is 24.3 Å². The van der Waals surface area contributed by atoms with Crippen LogP contribution in [-0.2, 0) is 0 Å². The molecular formula is C13H22N2O. The van der Waals surface area contributed by atoms with Gasteiger partial charge in [-0.05, 0) is 33.5 Å². The van der Waals surface area contributed by atoms with Crippen molar-refractivity contribution in [3.05, 3.63) is 29.8 Å². The summed E-state index contributed by atoms with van der Waals surface area (Å²) >= 11 is 0. The van der Waals surface area contributed by atoms with E-state index < -0.39 is 0 Å². The van der Waals surface area contributed by atoms with Crippen LogP contribution in [0.1, 0.15) is 24.9 Å². The average molecular weight is 222 g/mol. The van der Waals surface area contributed by atoms with Gasteiger partial charge >= 0.3 is 0 Å². The third kappa shape index (κ3) is 4.21. The fraction of sp³-hybridized carbons (Fsp3) is 0.538. The Hall–Kier alpha value is -1.06. The highest BCUT2D eigenvalue weighted by molar-refractivity contribution is 5.35. The largest absolute Gasteiger partial charge is 0.493 e. The van der Waals surface area contributed by atoms with Crippen LogP contribution in [0.5, 0.6) is 5.75 Å². The number of hydrogen-bond donors (Lipinski definition) is 1. The Balaban J connectivity index is 2.47. The normalized spacial score (nSPS) is 12.8. The van der Waals surface area contributed by atoms with Crippen molar-refractivity contribution in [3.63, 3.8) is 0 Å². The van der Waals surface area contributed by atoms with Crippen molar-refractivity contribution in [1.29, 1.82) is 0 Å². The third-order valence-electron chi connectivity index (χ3n) is 2.42. The van der Waals surface area contributed by atoms with Gasteiger partial charge in [-0.15, -0.1) is 0 Å². The Morgan fingerprint density at radius 1 is 1.31 bits per heavy atom. The molecule has 0 bridgehead atoms. The molecule has 1 aromatic carbocycles. The van der Waals surface area contributed by atoms with Gasteiger partial charge in [-0.25, -0.2) is 0 Å². The van der Waals surface area contributed by atoms with Crippen LogP contribution in [0.3, 0.4) is 0 Å². The molecule has 90 valence electrons. The molecule has 0 spiro atoms. The van der Waals surface area contributed by atoms with Gasteiger partial charge in [0.25, 0.3) is 0 Å². The maximum atomic E-state index is 5.88. The molecule has 0 radical (unpaired) electrons. The van der Waals surface area contributed by atoms with Crippen molar-refractivity contribution in [3.8, 4) is 5.75 Å². The number of ether oxygens (including phenoxy) is 1. The zero-order valence-corrected chi connectivity index (χ0v) is 10.4. The Kier molecular flexibility index (Phi) is 5.29. The topological polar surface area (TPSA) is 38.5 Å². The molecule has 0 saturated carbocycles. The van der Waals surface area contributed by atoms with Crippen molar-refractivity contribution in [2.75, 3.05) is 27.2 Å². The van der Waals surface area contributed by atoms with E-state index in [4.69, 9.17) is 10.5 Å². The van der Waals surface area contributed by atoms with E-state index in [-0.39, 0.29) is 6.04 Å². The van der Waals surface area contributed by atoms with E-state index in [2.05, 4.69) is 19.0 Å². The summed E-state index contributed by atoms with van der Waals surface area (Å²) in [5.41, 5.74) is 6.96. The number of rotatable bonds is 6. The lowest BCUT2D eigenvalue weighted by atomic mass is 10.1. The first-order chi connectivity index (χ1) is 7.61. The van der Waals surface area contributed by atoms with Gasteiger partial charge in [-0.1, -0.05) is 18.2 Å². The first kappa shape index (κ1) is 13.0. The molecule has 0 fully saturated rings. The first-order valence-corrected chi connectivity index (χ1v) is 5.73. The number of hydrogen-bond acceptors (Lipinski definition) is 3. The molecule has 1 atom stereocenters. The van der Waals surface area contributed by atoms with Gasteiger partial charge < -0.3 is 15.4 Å². The van der Waals surface area contributed by atoms with Crippen molar-refractivity contribution in [1.82, 2.24) is 4.90 Å². The molecule has 1 rings (SSSR count). The molecule has 3 heteroatoms. The summed E-state index contributed by atoms with van der Waals surface area (Å²) < 4.78 is 5.74. The number of para-hydroxylation sites is 1. The van der Waals surface area contributed by atoms with Crippen molar-refractivity contribution in [2.24, 2.45) is 5.73 Å². The summed E-state index contributed by atoms with van der Waals surface area (Å²) in [5, 5.41) is 0. The molecule has 0 aliphatic carbocycles. The highest BCUT2D eigenvalue weighted by Crippen LogP contribution is 2.23. The molecule has 1 aromatic rings. The predicted octanol–water partition coefficient (Wildman–Crippen LogP) is 2.04. The zero-order chi connectivity index (χ0) is 12.0. The van der Waals surface area contributed by atoms with Gasteiger partial charge in [-0.3, -0.25) is 0 Å². The summed E-state index contributed by atoms with van der Waals surface area (Å²) in [4.78, 5) is 2.15. The van der Waals surface area contributed by atoms with Crippen molar-refractivity contribution < 1.29 is 4.74 Å². The molecule has 2 N–H and O–H groups in total. The van der Waals surface area contributed by atoms with E-state index in [0.29, 0.717) is 0 Å². The van der Waals surface area contributed by atoms with Crippen LogP contribution >= 0.6 is 0 Å². The Bertz CT molecular complexity index is 311. The highest BCUT2D eigenvalue weighted by Gasteiger charge is 2.06. The molecular weight excluding hydrogens is 200 g/mol. The second kappa shape index (κ2) is 6.51. The van der Waals surface area contributed by atoms with Gasteiger partial charge in [0.15, 0.2) is 0 Å². The van der Waals surface area contributed by atoms with Crippen molar-refractivity contribution >= 4 is 0 Å². The van der Waals surface area contributed by atoms with E-state index >= 15 is 0 Å². The van der Waals surface area contributed by atoms with Gasteiger partial charge in [0.05, 0.1) is 6.61 Å². The molecule has 0 saturated heterocycles. The molecule has 0 heterocycles. The molecule has 0 aromatic heterocycles. The van der Waals surface area contributed by atoms with Gasteiger partial charge in [0, 0.05) is 18.2 Å². The maximum Gasteiger partial charge on any atom is 0.124 e. The second-order valence-corrected chi connectivity index (χ2v) is 4.33. The molecule has 3 nitrogen and oxygen atoms in total. The van der Waals surface area contributed by atoms with E-state index in [1.807, 2.05) is 31.2 Å². The van der Waals surface area contributed by atoms with E-state index in [1.165, 1.54) is 0 Å². The quantitative estimate of drug-likeness (QED) is 0.749. The molecule has 0 aliphatic heterocycles. The maximum absolute atomic E-state index is 5.88. The van der Waals surface area contributed by atoms with Crippen molar-refractivity contribution in [2.45, 2.75) is 19.4 Å². The summed E-state index contributed by atoms with van der Waals surface area (Å²) in [5.74, 6) is 0.913. The molecule has 16 heavy (non-hydrogen) atoms. The smallest absolute Gasteiger partial charge is 0.124 e. The third-order valence-corrected chi connectivity index (χ3v) is 2.42. The van der Waals surface area contributed by atoms with Gasteiger partial charge in [0.2, 0.25) is 0 Å². The minimum atomic E-state index is 0.0186. The standard InChI is InChI=1S/C13H22N2O/c1-11(14)12-7-4-5-8-13(12)16-10-6-9-15(2)3/h4-5,7-8,11H,6,9-10,14H2,1-3H3/t11-/m1/s1. The van der Waals surface area contributed by atoms with E-state index in [1.54, 1.807) is 0 Å². The number of benzene rings is 1. The Labute approximate surface area is 98.2 Å². The Morgan fingerprint density at radius 2 is 2.00 bits per heavy atom. The fourth-order valence-corrected chi connectivity index (χ4v) is 1.55. The summed E-state index contributed by atoms with van der Waals surface area (Å²) in [6.45, 7) is 3.75. The SMILES string of the molecule is C[C@@H](N)c1ccccc1OCCCN(C)C. The molecule has 0 unspecified atom stereocenters. The summed E-state index contributed by atoms with van der Waals surface area (Å²) in [7, 11) is 4.13. The van der Waals surface area contributed by atoms with Gasteiger partial charge in [-0.2, -0.15) is 0 Å². The van der Waals surface area contributed by atoms with E-state index in [9.17, 15) is 0 Å². The van der Waals surface area contributed by atoms with Crippen LogP contribution in [0, 0.1) is 0 Å². The van der Waals surface area contributed by atoms with Gasteiger partial charge in [0.1, 0.15) is 5.75 Å². The first-order valence-electron chi connectivity index (χ1n) is 5.73. The second-order valence-electron chi connectivity index (χ2n) is 4.33. The fourth-order valence-electron chi connectivity index (χ4n) is 1.55. The number of nitrogens with zero attached hydrogens (tertiary/aromatic N) is 1. The summed E-state index contributed by atoms with van der Waals surface area (Å²) in [6, 6.07) is 7.99. The number of nitrogens with two attached hydrogens (primary N) is 1. The lowest BCUT2D eigenvalue weighted by molar-refractivity contribution is 0.278. The molecule has 0 amide bonds. The minimum Gasteiger partial charge on any atom is -0.493 e. The minimum absolute atomic E-state index is 0.0186. The lowest BCUT2D eigenvalue weighted by Gasteiger charge is -2.14. The molecule has 0 aliphatic rings. The summed E-state index contributed by atoms with van der Waals surface area (Å²) in [6.07, 6.45) is 1.03. The van der Waals surface area contributed by atoms with Crippen LogP contribution in [-0.4, -0.2) is 32.1 Å². The van der Waals surface area contributed by atoms with Crippen LogP contribution in [0.4, 0.5) is 0 Å². The average Bonchev–Trinajstić information content (AvgIpc) is 2.24. The zero-order valence-electron chi connectivity index (χ0n) is 10.4. The van der Waals surface area contributed by atoms with E-state index in [0.717, 1.165) is 30.9 Å².